The van der Waals surface area contributed by atoms with Crippen molar-refractivity contribution in [1.29, 1.82) is 0 Å². The van der Waals surface area contributed by atoms with E-state index in [1.165, 1.54) is 6.42 Å². The summed E-state index contributed by atoms with van der Waals surface area (Å²) in [5.41, 5.74) is 1.70. The predicted octanol–water partition coefficient (Wildman–Crippen LogP) is 3.14. The van der Waals surface area contributed by atoms with E-state index in [0.29, 0.717) is 12.2 Å². The maximum absolute atomic E-state index is 11.9. The third-order valence-electron chi connectivity index (χ3n) is 3.76. The third-order valence-corrected chi connectivity index (χ3v) is 3.76. The highest BCUT2D eigenvalue weighted by atomic mass is 16.5. The van der Waals surface area contributed by atoms with Gasteiger partial charge in [0.15, 0.2) is 0 Å². The first-order valence-electron chi connectivity index (χ1n) is 6.48. The van der Waals surface area contributed by atoms with Crippen LogP contribution >= 0.6 is 0 Å². The minimum Gasteiger partial charge on any atom is -0.462 e. The molecule has 2 atom stereocenters. The maximum Gasteiger partial charge on any atom is 0.339 e. The molecule has 1 saturated carbocycles. The molecule has 0 saturated heterocycles. The van der Waals surface area contributed by atoms with Crippen molar-refractivity contribution in [3.63, 3.8) is 0 Å². The minimum atomic E-state index is -0.223. The molecule has 2 aromatic rings. The number of pyridine rings is 1. The predicted molar refractivity (Wildman–Crippen MR) is 69.6 cm³/mol. The number of carbonyl (C=O) groups is 1. The summed E-state index contributed by atoms with van der Waals surface area (Å²) in [5, 5.41) is 0. The first-order chi connectivity index (χ1) is 8.74. The molecule has 3 nitrogen and oxygen atoms in total. The summed E-state index contributed by atoms with van der Waals surface area (Å²) in [6, 6.07) is 7.71. The van der Waals surface area contributed by atoms with Crippen LogP contribution in [-0.2, 0) is 4.74 Å². The number of fused-ring (bicyclic) bond motifs is 1. The second-order valence-corrected chi connectivity index (χ2v) is 5.16. The van der Waals surface area contributed by atoms with Crippen LogP contribution in [0.1, 0.15) is 30.1 Å². The van der Waals surface area contributed by atoms with E-state index in [4.69, 9.17) is 4.74 Å². The van der Waals surface area contributed by atoms with Crippen molar-refractivity contribution in [3.8, 4) is 0 Å². The van der Waals surface area contributed by atoms with Gasteiger partial charge in [0.1, 0.15) is 0 Å². The van der Waals surface area contributed by atoms with Gasteiger partial charge in [-0.1, -0.05) is 6.92 Å². The van der Waals surface area contributed by atoms with Gasteiger partial charge in [0.25, 0.3) is 0 Å². The van der Waals surface area contributed by atoms with Crippen LogP contribution in [0.25, 0.3) is 5.52 Å². The van der Waals surface area contributed by atoms with E-state index in [2.05, 4.69) is 6.92 Å². The Labute approximate surface area is 106 Å². The molecule has 0 amide bonds. The first-order valence-corrected chi connectivity index (χ1v) is 6.48. The Hall–Kier alpha value is -1.77. The molecule has 0 spiro atoms. The Bertz CT molecular complexity index is 573. The topological polar surface area (TPSA) is 30.7 Å². The SMILES string of the molecule is CC1C[C@@H]1CCOC(=O)c1ccc2cccn2c1. The summed E-state index contributed by atoms with van der Waals surface area (Å²) in [4.78, 5) is 11.9. The Balaban J connectivity index is 1.60. The van der Waals surface area contributed by atoms with Gasteiger partial charge in [-0.2, -0.15) is 0 Å². The largest absolute Gasteiger partial charge is 0.462 e. The zero-order chi connectivity index (χ0) is 12.5. The molecule has 0 aliphatic heterocycles. The summed E-state index contributed by atoms with van der Waals surface area (Å²) in [6.07, 6.45) is 6.03. The average molecular weight is 243 g/mol. The fourth-order valence-electron chi connectivity index (χ4n) is 2.34. The number of rotatable bonds is 4. The molecule has 3 rings (SSSR count). The fraction of sp³-hybridized carbons (Fsp3) is 0.400. The van der Waals surface area contributed by atoms with E-state index in [1.54, 1.807) is 0 Å². The molecular weight excluding hydrogens is 226 g/mol. The highest BCUT2D eigenvalue weighted by Gasteiger charge is 2.31. The highest BCUT2D eigenvalue weighted by molar-refractivity contribution is 5.89. The number of hydrogen-bond donors (Lipinski definition) is 0. The van der Waals surface area contributed by atoms with Crippen molar-refractivity contribution in [2.75, 3.05) is 6.61 Å². The fourth-order valence-corrected chi connectivity index (χ4v) is 2.34. The normalized spacial score (nSPS) is 22.1. The van der Waals surface area contributed by atoms with Crippen LogP contribution in [0.2, 0.25) is 0 Å². The van der Waals surface area contributed by atoms with Gasteiger partial charge in [-0.05, 0) is 48.9 Å². The first kappa shape index (κ1) is 11.3. The van der Waals surface area contributed by atoms with Crippen molar-refractivity contribution in [3.05, 3.63) is 42.2 Å². The summed E-state index contributed by atoms with van der Waals surface area (Å²) < 4.78 is 7.23. The Morgan fingerprint density at radius 2 is 2.28 bits per heavy atom. The molecule has 2 heterocycles. The minimum absolute atomic E-state index is 0.223. The van der Waals surface area contributed by atoms with E-state index >= 15 is 0 Å². The van der Waals surface area contributed by atoms with Gasteiger partial charge < -0.3 is 9.14 Å². The maximum atomic E-state index is 11.9. The molecular formula is C15H17NO2. The molecule has 3 heteroatoms. The van der Waals surface area contributed by atoms with Gasteiger partial charge in [-0.3, -0.25) is 0 Å². The van der Waals surface area contributed by atoms with E-state index in [0.717, 1.165) is 23.8 Å². The summed E-state index contributed by atoms with van der Waals surface area (Å²) in [7, 11) is 0. The van der Waals surface area contributed by atoms with E-state index in [9.17, 15) is 4.79 Å². The van der Waals surface area contributed by atoms with Gasteiger partial charge in [-0.15, -0.1) is 0 Å². The van der Waals surface area contributed by atoms with Crippen LogP contribution in [0, 0.1) is 11.8 Å². The van der Waals surface area contributed by atoms with Crippen LogP contribution < -0.4 is 0 Å². The number of hydrogen-bond acceptors (Lipinski definition) is 2. The Kier molecular flexibility index (Phi) is 2.82. The lowest BCUT2D eigenvalue weighted by molar-refractivity contribution is 0.0493. The monoisotopic (exact) mass is 243 g/mol. The summed E-state index contributed by atoms with van der Waals surface area (Å²) in [5.74, 6) is 1.36. The van der Waals surface area contributed by atoms with Crippen LogP contribution in [0.4, 0.5) is 0 Å². The average Bonchev–Trinajstić information content (AvgIpc) is 2.90. The number of aromatic nitrogens is 1. The van der Waals surface area contributed by atoms with Crippen molar-refractivity contribution >= 4 is 11.5 Å². The molecule has 1 unspecified atom stereocenters. The molecule has 94 valence electrons. The van der Waals surface area contributed by atoms with Crippen LogP contribution in [0.5, 0.6) is 0 Å². The van der Waals surface area contributed by atoms with Crippen molar-refractivity contribution in [1.82, 2.24) is 4.40 Å². The van der Waals surface area contributed by atoms with Gasteiger partial charge in [-0.25, -0.2) is 4.79 Å². The van der Waals surface area contributed by atoms with Gasteiger partial charge >= 0.3 is 5.97 Å². The lowest BCUT2D eigenvalue weighted by Gasteiger charge is -2.05. The van der Waals surface area contributed by atoms with E-state index in [1.807, 2.05) is 41.1 Å². The number of nitrogens with zero attached hydrogens (tertiary/aromatic N) is 1. The molecule has 1 fully saturated rings. The second-order valence-electron chi connectivity index (χ2n) is 5.16. The van der Waals surface area contributed by atoms with E-state index < -0.39 is 0 Å². The Morgan fingerprint density at radius 1 is 1.44 bits per heavy atom. The zero-order valence-corrected chi connectivity index (χ0v) is 10.5. The third kappa shape index (κ3) is 2.26. The lowest BCUT2D eigenvalue weighted by atomic mass is 10.2. The van der Waals surface area contributed by atoms with Crippen LogP contribution in [0.15, 0.2) is 36.7 Å². The van der Waals surface area contributed by atoms with Gasteiger partial charge in [0.2, 0.25) is 0 Å². The molecule has 0 N–H and O–H groups in total. The van der Waals surface area contributed by atoms with Crippen molar-refractivity contribution < 1.29 is 9.53 Å². The molecule has 0 bridgehead atoms. The van der Waals surface area contributed by atoms with Crippen LogP contribution in [0.3, 0.4) is 0 Å². The lowest BCUT2D eigenvalue weighted by Crippen LogP contribution is -2.07. The molecule has 1 aliphatic carbocycles. The van der Waals surface area contributed by atoms with Gasteiger partial charge in [0.05, 0.1) is 12.2 Å². The molecule has 0 radical (unpaired) electrons. The zero-order valence-electron chi connectivity index (χ0n) is 10.5. The van der Waals surface area contributed by atoms with Crippen molar-refractivity contribution in [2.24, 2.45) is 11.8 Å². The summed E-state index contributed by atoms with van der Waals surface area (Å²) >= 11 is 0. The number of esters is 1. The number of ether oxygens (including phenoxy) is 1. The van der Waals surface area contributed by atoms with Crippen molar-refractivity contribution in [2.45, 2.75) is 19.8 Å². The molecule has 0 aromatic carbocycles. The van der Waals surface area contributed by atoms with Crippen LogP contribution in [-0.4, -0.2) is 17.0 Å². The molecule has 18 heavy (non-hydrogen) atoms. The standard InChI is InChI=1S/C15H17NO2/c1-11-9-12(11)6-8-18-15(17)13-4-5-14-3-2-7-16(14)10-13/h2-5,7,10-12H,6,8-9H2,1H3/t11?,12-/m0/s1. The summed E-state index contributed by atoms with van der Waals surface area (Å²) in [6.45, 7) is 2.78. The quantitative estimate of drug-likeness (QED) is 0.772. The van der Waals surface area contributed by atoms with E-state index in [-0.39, 0.29) is 5.97 Å². The molecule has 2 aromatic heterocycles. The van der Waals surface area contributed by atoms with Gasteiger partial charge in [0, 0.05) is 17.9 Å². The smallest absolute Gasteiger partial charge is 0.339 e. The highest BCUT2D eigenvalue weighted by Crippen LogP contribution is 2.40. The second kappa shape index (κ2) is 4.48. The number of carbonyl (C=O) groups excluding carboxylic acids is 1. The Morgan fingerprint density at radius 3 is 3.06 bits per heavy atom. The molecule has 1 aliphatic rings.